The molecule has 1 heterocycles. The summed E-state index contributed by atoms with van der Waals surface area (Å²) in [5.41, 5.74) is 0.895. The van der Waals surface area contributed by atoms with Crippen molar-refractivity contribution < 1.29 is 14.2 Å². The zero-order chi connectivity index (χ0) is 16.3. The Bertz CT molecular complexity index is 511. The van der Waals surface area contributed by atoms with E-state index < -0.39 is 0 Å². The molecule has 0 aliphatic carbocycles. The normalized spacial score (nSPS) is 19.5. The van der Waals surface area contributed by atoms with Gasteiger partial charge in [0.1, 0.15) is 22.8 Å². The van der Waals surface area contributed by atoms with Crippen molar-refractivity contribution in [2.75, 3.05) is 20.8 Å². The third-order valence-electron chi connectivity index (χ3n) is 4.08. The van der Waals surface area contributed by atoms with E-state index in [0.29, 0.717) is 5.92 Å². The van der Waals surface area contributed by atoms with Crippen LogP contribution in [0.3, 0.4) is 0 Å². The van der Waals surface area contributed by atoms with Crippen LogP contribution >= 0.6 is 0 Å². The number of methoxy groups -OCH3 is 2. The predicted molar refractivity (Wildman–Crippen MR) is 89.1 cm³/mol. The summed E-state index contributed by atoms with van der Waals surface area (Å²) in [4.78, 5) is 0. The first-order valence-electron chi connectivity index (χ1n) is 8.04. The van der Waals surface area contributed by atoms with Gasteiger partial charge in [-0.15, -0.1) is 0 Å². The molecule has 0 aromatic heterocycles. The highest BCUT2D eigenvalue weighted by molar-refractivity contribution is 5.53. The summed E-state index contributed by atoms with van der Waals surface area (Å²) in [7, 11) is 3.35. The number of ether oxygens (including phenoxy) is 3. The molecule has 0 saturated heterocycles. The van der Waals surface area contributed by atoms with Gasteiger partial charge in [0.15, 0.2) is 0 Å². The molecule has 1 aromatic rings. The number of nitrogens with one attached hydrogen (secondary N) is 1. The fourth-order valence-corrected chi connectivity index (χ4v) is 2.95. The van der Waals surface area contributed by atoms with E-state index in [1.54, 1.807) is 14.2 Å². The lowest BCUT2D eigenvalue weighted by atomic mass is 9.88. The third kappa shape index (κ3) is 3.86. The molecule has 124 valence electrons. The molecule has 0 radical (unpaired) electrons. The van der Waals surface area contributed by atoms with E-state index in [2.05, 4.69) is 33.0 Å². The fourth-order valence-electron chi connectivity index (χ4n) is 2.95. The summed E-state index contributed by atoms with van der Waals surface area (Å²) in [6.45, 7) is 9.73. The summed E-state index contributed by atoms with van der Waals surface area (Å²) in [6, 6.07) is 4.12. The summed E-state index contributed by atoms with van der Waals surface area (Å²) in [5, 5.41) is 3.68. The number of benzene rings is 1. The highest BCUT2D eigenvalue weighted by atomic mass is 16.5. The number of hydrogen-bond acceptors (Lipinski definition) is 4. The summed E-state index contributed by atoms with van der Waals surface area (Å²) >= 11 is 0. The molecule has 1 aliphatic rings. The van der Waals surface area contributed by atoms with Crippen LogP contribution in [0.4, 0.5) is 0 Å². The standard InChI is InChI=1S/C18H29NO3/c1-12(2)7-8-19-14-11-18(3,4)22-16-10-13(20-5)9-15(21-6)17(14)16/h9-10,12,14,19H,7-8,11H2,1-6H3. The molecule has 1 N–H and O–H groups in total. The molecule has 4 nitrogen and oxygen atoms in total. The smallest absolute Gasteiger partial charge is 0.132 e. The zero-order valence-electron chi connectivity index (χ0n) is 14.7. The molecule has 4 heteroatoms. The Kier molecular flexibility index (Phi) is 5.22. The maximum atomic E-state index is 6.16. The Labute approximate surface area is 134 Å². The Morgan fingerprint density at radius 3 is 2.59 bits per heavy atom. The lowest BCUT2D eigenvalue weighted by Crippen LogP contribution is -2.40. The van der Waals surface area contributed by atoms with Gasteiger partial charge in [-0.2, -0.15) is 0 Å². The van der Waals surface area contributed by atoms with Crippen LogP contribution < -0.4 is 19.5 Å². The SMILES string of the molecule is COc1cc(OC)c2c(c1)OC(C)(C)CC2NCCC(C)C. The van der Waals surface area contributed by atoms with Crippen LogP contribution in [0.25, 0.3) is 0 Å². The van der Waals surface area contributed by atoms with Crippen molar-refractivity contribution in [1.82, 2.24) is 5.32 Å². The quantitative estimate of drug-likeness (QED) is 0.864. The van der Waals surface area contributed by atoms with E-state index >= 15 is 0 Å². The Hall–Kier alpha value is -1.42. The monoisotopic (exact) mass is 307 g/mol. The van der Waals surface area contributed by atoms with Crippen molar-refractivity contribution in [2.45, 2.75) is 52.2 Å². The summed E-state index contributed by atoms with van der Waals surface area (Å²) in [5.74, 6) is 3.13. The Morgan fingerprint density at radius 2 is 2.00 bits per heavy atom. The fraction of sp³-hybridized carbons (Fsp3) is 0.667. The van der Waals surface area contributed by atoms with Crippen molar-refractivity contribution in [2.24, 2.45) is 5.92 Å². The van der Waals surface area contributed by atoms with Gasteiger partial charge >= 0.3 is 0 Å². The Balaban J connectivity index is 2.33. The van der Waals surface area contributed by atoms with Crippen LogP contribution in [0, 0.1) is 5.92 Å². The highest BCUT2D eigenvalue weighted by Gasteiger charge is 2.36. The van der Waals surface area contributed by atoms with Gasteiger partial charge in [-0.25, -0.2) is 0 Å². The predicted octanol–water partition coefficient (Wildman–Crippen LogP) is 3.94. The summed E-state index contributed by atoms with van der Waals surface area (Å²) < 4.78 is 17.1. The first kappa shape index (κ1) is 16.9. The van der Waals surface area contributed by atoms with E-state index in [1.807, 2.05) is 12.1 Å². The maximum absolute atomic E-state index is 6.16. The second kappa shape index (κ2) is 6.78. The topological polar surface area (TPSA) is 39.7 Å². The van der Waals surface area contributed by atoms with Crippen LogP contribution in [0.15, 0.2) is 12.1 Å². The molecule has 1 atom stereocenters. The van der Waals surface area contributed by atoms with Gasteiger partial charge in [0.2, 0.25) is 0 Å². The minimum atomic E-state index is -0.208. The molecular weight excluding hydrogens is 278 g/mol. The van der Waals surface area contributed by atoms with Gasteiger partial charge in [-0.05, 0) is 32.7 Å². The van der Waals surface area contributed by atoms with E-state index in [-0.39, 0.29) is 11.6 Å². The van der Waals surface area contributed by atoms with Crippen molar-refractivity contribution in [1.29, 1.82) is 0 Å². The van der Waals surface area contributed by atoms with E-state index in [9.17, 15) is 0 Å². The largest absolute Gasteiger partial charge is 0.496 e. The van der Waals surface area contributed by atoms with Crippen molar-refractivity contribution >= 4 is 0 Å². The van der Waals surface area contributed by atoms with E-state index in [1.165, 1.54) is 0 Å². The molecular formula is C18H29NO3. The average Bonchev–Trinajstić information content (AvgIpc) is 2.43. The van der Waals surface area contributed by atoms with Gasteiger partial charge in [-0.3, -0.25) is 0 Å². The second-order valence-electron chi connectivity index (χ2n) is 7.00. The van der Waals surface area contributed by atoms with Crippen molar-refractivity contribution in [3.63, 3.8) is 0 Å². The van der Waals surface area contributed by atoms with Gasteiger partial charge in [0.25, 0.3) is 0 Å². The van der Waals surface area contributed by atoms with Crippen molar-refractivity contribution in [3.8, 4) is 17.2 Å². The van der Waals surface area contributed by atoms with Gasteiger partial charge in [0.05, 0.1) is 19.8 Å². The molecule has 1 unspecified atom stereocenters. The molecule has 0 saturated carbocycles. The van der Waals surface area contributed by atoms with Gasteiger partial charge in [0, 0.05) is 24.6 Å². The van der Waals surface area contributed by atoms with Crippen LogP contribution in [0.5, 0.6) is 17.2 Å². The molecule has 1 aromatic carbocycles. The molecule has 0 bridgehead atoms. The Morgan fingerprint density at radius 1 is 1.27 bits per heavy atom. The van der Waals surface area contributed by atoms with Crippen LogP contribution in [-0.4, -0.2) is 26.4 Å². The zero-order valence-corrected chi connectivity index (χ0v) is 14.7. The molecule has 0 spiro atoms. The minimum Gasteiger partial charge on any atom is -0.496 e. The van der Waals surface area contributed by atoms with Crippen LogP contribution in [0.1, 0.15) is 52.1 Å². The lowest BCUT2D eigenvalue weighted by molar-refractivity contribution is 0.0643. The van der Waals surface area contributed by atoms with Crippen molar-refractivity contribution in [3.05, 3.63) is 17.7 Å². The average molecular weight is 307 g/mol. The van der Waals surface area contributed by atoms with E-state index in [4.69, 9.17) is 14.2 Å². The summed E-state index contributed by atoms with van der Waals surface area (Å²) in [6.07, 6.45) is 2.08. The molecule has 2 rings (SSSR count). The molecule has 0 fully saturated rings. The maximum Gasteiger partial charge on any atom is 0.132 e. The molecule has 22 heavy (non-hydrogen) atoms. The molecule has 1 aliphatic heterocycles. The van der Waals surface area contributed by atoms with E-state index in [0.717, 1.165) is 42.2 Å². The third-order valence-corrected chi connectivity index (χ3v) is 4.08. The van der Waals surface area contributed by atoms with Gasteiger partial charge in [-0.1, -0.05) is 13.8 Å². The van der Waals surface area contributed by atoms with Gasteiger partial charge < -0.3 is 19.5 Å². The first-order chi connectivity index (χ1) is 10.4. The number of fused-ring (bicyclic) bond motifs is 1. The van der Waals surface area contributed by atoms with Crippen LogP contribution in [0.2, 0.25) is 0 Å². The highest BCUT2D eigenvalue weighted by Crippen LogP contribution is 2.46. The first-order valence-corrected chi connectivity index (χ1v) is 8.04. The second-order valence-corrected chi connectivity index (χ2v) is 7.00. The number of rotatable bonds is 6. The minimum absolute atomic E-state index is 0.208. The molecule has 0 amide bonds. The lowest BCUT2D eigenvalue weighted by Gasteiger charge is -2.39. The number of hydrogen-bond donors (Lipinski definition) is 1. The van der Waals surface area contributed by atoms with Crippen LogP contribution in [-0.2, 0) is 0 Å².